The molecule has 2 aliphatic heterocycles. The molecule has 10 heteroatoms. The lowest BCUT2D eigenvalue weighted by Crippen LogP contribution is -2.44. The molecule has 1 aromatic carbocycles. The van der Waals surface area contributed by atoms with Crippen LogP contribution in [0.2, 0.25) is 5.02 Å². The van der Waals surface area contributed by atoms with E-state index in [4.69, 9.17) is 11.6 Å². The number of aromatic nitrogens is 1. The first kappa shape index (κ1) is 20.5. The number of benzene rings is 1. The zero-order valence-electron chi connectivity index (χ0n) is 16.9. The number of H-pyrrole nitrogens is 1. The highest BCUT2D eigenvalue weighted by atomic mass is 35.5. The van der Waals surface area contributed by atoms with Crippen LogP contribution in [0.25, 0.3) is 0 Å². The minimum Gasteiger partial charge on any atom is -0.480 e. The number of halogens is 1. The summed E-state index contributed by atoms with van der Waals surface area (Å²) in [5, 5.41) is 11.0. The lowest BCUT2D eigenvalue weighted by molar-refractivity contribution is -0.154. The molecule has 0 radical (unpaired) electrons. The van der Waals surface area contributed by atoms with E-state index in [9.17, 15) is 24.3 Å². The molecule has 0 unspecified atom stereocenters. The van der Waals surface area contributed by atoms with E-state index in [0.717, 1.165) is 26.8 Å². The molecule has 4 aliphatic rings. The number of nitrogens with one attached hydrogen (secondary N) is 1. The molecule has 8 atom stereocenters. The minimum absolute atomic E-state index is 0.0196. The van der Waals surface area contributed by atoms with E-state index in [1.165, 1.54) is 18.3 Å². The topological polar surface area (TPSA) is 108 Å². The molecular weight excluding hydrogens is 472 g/mol. The summed E-state index contributed by atoms with van der Waals surface area (Å²) in [6.07, 6.45) is 0.772. The van der Waals surface area contributed by atoms with Crippen molar-refractivity contribution in [2.45, 2.75) is 35.6 Å². The van der Waals surface area contributed by atoms with Crippen LogP contribution in [0.3, 0.4) is 0 Å². The van der Waals surface area contributed by atoms with E-state index >= 15 is 0 Å². The molecule has 2 N–H and O–H groups in total. The van der Waals surface area contributed by atoms with E-state index < -0.39 is 23.8 Å². The van der Waals surface area contributed by atoms with Crippen LogP contribution in [0.15, 0.2) is 34.1 Å². The van der Waals surface area contributed by atoms with Gasteiger partial charge >= 0.3 is 10.8 Å². The zero-order valence-corrected chi connectivity index (χ0v) is 19.2. The number of amides is 2. The van der Waals surface area contributed by atoms with Gasteiger partial charge in [-0.2, -0.15) is 0 Å². The number of hydrogen-bond donors (Lipinski definition) is 2. The SMILES string of the molecule is C[C@H](C(=O)O)N1C(=O)[C@@H]2[C@H]3C[C@@H]([C@@H]2C1=O)[C@@H]1[C@H](c2ccc(Cl)cc2)c2sc(=O)[nH]c2S[C@@H]31. The molecule has 3 heterocycles. The second-order valence-electron chi connectivity index (χ2n) is 9.07. The number of hydrogen-bond acceptors (Lipinski definition) is 6. The smallest absolute Gasteiger partial charge is 0.326 e. The summed E-state index contributed by atoms with van der Waals surface area (Å²) in [6.45, 7) is 1.39. The maximum atomic E-state index is 13.3. The molecule has 2 aliphatic carbocycles. The summed E-state index contributed by atoms with van der Waals surface area (Å²) in [5.74, 6) is -2.87. The third-order valence-corrected chi connectivity index (χ3v) is 10.6. The van der Waals surface area contributed by atoms with E-state index in [0.29, 0.717) is 5.02 Å². The summed E-state index contributed by atoms with van der Waals surface area (Å²) in [4.78, 5) is 55.1. The summed E-state index contributed by atoms with van der Waals surface area (Å²) < 4.78 is 0. The van der Waals surface area contributed by atoms with Gasteiger partial charge in [-0.05, 0) is 48.8 Å². The quantitative estimate of drug-likeness (QED) is 0.640. The fourth-order valence-corrected chi connectivity index (χ4v) is 9.59. The third kappa shape index (κ3) is 2.61. The van der Waals surface area contributed by atoms with Gasteiger partial charge in [-0.25, -0.2) is 4.79 Å². The van der Waals surface area contributed by atoms with Crippen molar-refractivity contribution in [2.75, 3.05) is 0 Å². The number of aromatic amines is 1. The highest BCUT2D eigenvalue weighted by Gasteiger charge is 2.70. The highest BCUT2D eigenvalue weighted by molar-refractivity contribution is 8.00. The fraction of sp³-hybridized carbons (Fsp3) is 0.455. The maximum absolute atomic E-state index is 13.3. The number of aliphatic carboxylic acids is 1. The number of carbonyl (C=O) groups is 3. The average molecular weight is 491 g/mol. The molecule has 32 heavy (non-hydrogen) atoms. The first-order valence-electron chi connectivity index (χ1n) is 10.5. The molecule has 0 spiro atoms. The second kappa shape index (κ2) is 6.95. The van der Waals surface area contributed by atoms with Gasteiger partial charge in [-0.3, -0.25) is 19.3 Å². The Hall–Kier alpha value is -2.10. The maximum Gasteiger partial charge on any atom is 0.326 e. The van der Waals surface area contributed by atoms with Gasteiger partial charge in [0.2, 0.25) is 11.8 Å². The van der Waals surface area contributed by atoms with E-state index in [1.807, 2.05) is 24.3 Å². The third-order valence-electron chi connectivity index (χ3n) is 7.73. The molecular formula is C22H19ClN2O5S2. The average Bonchev–Trinajstić information content (AvgIpc) is 3.47. The summed E-state index contributed by atoms with van der Waals surface area (Å²) in [5.41, 5.74) is 1.04. The molecule has 2 aromatic rings. The molecule has 1 saturated heterocycles. The summed E-state index contributed by atoms with van der Waals surface area (Å²) in [7, 11) is 0. The standard InChI is InChI=1S/C22H19ClN2O5S2/c1-7(21(28)29)25-19(26)14-10-6-11(15(14)20(25)27)16-13(10)12(8-2-4-9(23)5-3-8)17-18(31-16)24-22(30)32-17/h2-5,7,10-16H,6H2,1H3,(H,24,30)(H,28,29)/t7-,10-,11-,12+,13-,14+,15-,16+/m1/s1. The predicted molar refractivity (Wildman–Crippen MR) is 119 cm³/mol. The van der Waals surface area contributed by atoms with Crippen LogP contribution >= 0.6 is 34.7 Å². The molecule has 3 fully saturated rings. The number of thiazole rings is 1. The molecule has 6 rings (SSSR count). The predicted octanol–water partition coefficient (Wildman–Crippen LogP) is 3.04. The largest absolute Gasteiger partial charge is 0.480 e. The van der Waals surface area contributed by atoms with Crippen molar-refractivity contribution >= 4 is 52.5 Å². The molecule has 2 bridgehead atoms. The van der Waals surface area contributed by atoms with Gasteiger partial charge in [-0.1, -0.05) is 35.1 Å². The molecule has 166 valence electrons. The van der Waals surface area contributed by atoms with Gasteiger partial charge in [0.1, 0.15) is 6.04 Å². The van der Waals surface area contributed by atoms with Crippen molar-refractivity contribution in [1.82, 2.24) is 9.88 Å². The van der Waals surface area contributed by atoms with Crippen LogP contribution < -0.4 is 4.87 Å². The number of likely N-dealkylation sites (tertiary alicyclic amines) is 1. The second-order valence-corrected chi connectivity index (χ2v) is 11.7. The van der Waals surface area contributed by atoms with E-state index in [-0.39, 0.29) is 45.6 Å². The Morgan fingerprint density at radius 1 is 1.16 bits per heavy atom. The van der Waals surface area contributed by atoms with Crippen molar-refractivity contribution in [2.24, 2.45) is 29.6 Å². The van der Waals surface area contributed by atoms with Gasteiger partial charge < -0.3 is 10.1 Å². The lowest BCUT2D eigenvalue weighted by atomic mass is 9.68. The van der Waals surface area contributed by atoms with Gasteiger partial charge in [0.05, 0.1) is 16.9 Å². The van der Waals surface area contributed by atoms with Crippen molar-refractivity contribution in [1.29, 1.82) is 0 Å². The molecule has 1 aromatic heterocycles. The number of imide groups is 1. The van der Waals surface area contributed by atoms with Crippen LogP contribution in [0.1, 0.15) is 29.7 Å². The summed E-state index contributed by atoms with van der Waals surface area (Å²) >= 11 is 8.93. The van der Waals surface area contributed by atoms with Crippen LogP contribution in [-0.2, 0) is 14.4 Å². The number of nitrogens with zero attached hydrogens (tertiary/aromatic N) is 1. The zero-order chi connectivity index (χ0) is 22.5. The Kier molecular flexibility index (Phi) is 4.45. The van der Waals surface area contributed by atoms with Gasteiger partial charge in [-0.15, -0.1) is 11.8 Å². The van der Waals surface area contributed by atoms with Crippen molar-refractivity contribution < 1.29 is 19.5 Å². The monoisotopic (exact) mass is 490 g/mol. The summed E-state index contributed by atoms with van der Waals surface area (Å²) in [6, 6.07) is 6.44. The Bertz CT molecular complexity index is 1220. The Morgan fingerprint density at radius 2 is 1.81 bits per heavy atom. The van der Waals surface area contributed by atoms with Crippen LogP contribution in [0.5, 0.6) is 0 Å². The van der Waals surface area contributed by atoms with E-state index in [2.05, 4.69) is 4.98 Å². The first-order valence-corrected chi connectivity index (χ1v) is 12.6. The first-order chi connectivity index (χ1) is 15.3. The molecule has 2 saturated carbocycles. The fourth-order valence-electron chi connectivity index (χ4n) is 6.58. The molecule has 2 amide bonds. The number of thioether (sulfide) groups is 1. The lowest BCUT2D eigenvalue weighted by Gasteiger charge is -2.43. The number of carbonyl (C=O) groups excluding carboxylic acids is 2. The molecule has 7 nitrogen and oxygen atoms in total. The van der Waals surface area contributed by atoms with Gasteiger partial charge in [0, 0.05) is 21.1 Å². The number of rotatable bonds is 3. The van der Waals surface area contributed by atoms with Gasteiger partial charge in [0.15, 0.2) is 0 Å². The number of carboxylic acids is 1. The van der Waals surface area contributed by atoms with Gasteiger partial charge in [0.25, 0.3) is 0 Å². The van der Waals surface area contributed by atoms with Crippen molar-refractivity contribution in [3.8, 4) is 0 Å². The normalized spacial score (nSPS) is 35.6. The van der Waals surface area contributed by atoms with Crippen LogP contribution in [0.4, 0.5) is 0 Å². The Balaban J connectivity index is 1.45. The van der Waals surface area contributed by atoms with Crippen LogP contribution in [-0.4, -0.2) is 44.1 Å². The van der Waals surface area contributed by atoms with E-state index in [1.54, 1.807) is 11.8 Å². The Labute approximate surface area is 196 Å². The van der Waals surface area contributed by atoms with Crippen molar-refractivity contribution in [3.63, 3.8) is 0 Å². The number of fused-ring (bicyclic) bond motifs is 9. The van der Waals surface area contributed by atoms with Crippen molar-refractivity contribution in [3.05, 3.63) is 49.4 Å². The Morgan fingerprint density at radius 3 is 2.47 bits per heavy atom. The minimum atomic E-state index is -1.18. The number of carboxylic acid groups (broad SMARTS) is 1. The van der Waals surface area contributed by atoms with Crippen LogP contribution in [0, 0.1) is 29.6 Å². The highest BCUT2D eigenvalue weighted by Crippen LogP contribution is 2.68.